The van der Waals surface area contributed by atoms with Crippen LogP contribution < -0.4 is 130 Å². The molecule has 0 bridgehead atoms. The molecular formula is C94H97BrCl4F8N8Na3O14S4-. The van der Waals surface area contributed by atoms with Gasteiger partial charge >= 0.3 is 107 Å². The molecule has 0 atom stereocenters. The number of hydrogen-bond donors (Lipinski definition) is 2. The maximum atomic E-state index is 13.3. The molecule has 17 rings (SSSR count). The molecule has 4 heterocycles. The molecule has 0 unspecified atom stereocenters. The van der Waals surface area contributed by atoms with E-state index in [1.807, 2.05) is 91.4 Å². The molecule has 0 amide bonds. The van der Waals surface area contributed by atoms with Crippen LogP contribution in [0.25, 0.3) is 87.2 Å². The normalized spacial score (nSPS) is 15.4. The fourth-order valence-corrected chi connectivity index (χ4v) is 22.3. The van der Waals surface area contributed by atoms with Crippen molar-refractivity contribution in [2.75, 3.05) is 104 Å². The molecule has 0 spiro atoms. The minimum atomic E-state index is -2.64. The van der Waals surface area contributed by atoms with Gasteiger partial charge in [-0.25, -0.2) is 41.4 Å². The third-order valence-corrected chi connectivity index (χ3v) is 29.7. The molecule has 0 aliphatic heterocycles. The van der Waals surface area contributed by atoms with Gasteiger partial charge in [-0.2, -0.15) is 0 Å². The molecule has 5 N–H and O–H groups in total. The number of aliphatic carboxylic acids is 1. The van der Waals surface area contributed by atoms with Crippen LogP contribution in [0.3, 0.4) is 0 Å². The number of pyridine rings is 4. The van der Waals surface area contributed by atoms with Crippen molar-refractivity contribution in [3.8, 4) is 0 Å². The Bertz CT molecular complexity index is 6690. The second-order valence-corrected chi connectivity index (χ2v) is 38.8. The average Bonchev–Trinajstić information content (AvgIpc) is 0.831. The van der Waals surface area contributed by atoms with Crippen LogP contribution in [0.4, 0.5) is 57.9 Å². The summed E-state index contributed by atoms with van der Waals surface area (Å²) in [5, 5.41) is 19.4. The zero-order valence-electron chi connectivity index (χ0n) is 76.6. The Morgan fingerprint density at radius 2 is 0.706 bits per heavy atom. The smallest absolute Gasteiger partial charge is 0.870 e. The number of benzene rings is 8. The summed E-state index contributed by atoms with van der Waals surface area (Å²) in [6.07, 6.45) is 11.1. The number of carboxylic acids is 1. The SMILES string of the molecule is BrCC1CC1.CCOC(=O)Cn1c2cc(N(C)CC3CC(F)(F)C3)ccc2c(=O)c2ccc(Cl)c(SC)c21.CCOC(=O)Cn1c2cc(NC3CC(F)(F)C3)ccc2c(=O)c2ccc(Cl)c(SC)c21.CSc1c(Cl)ccc2c(=O)c3ccc(N(C)CC4CC(F)(F)C4)cc3n(CC(=O)O)c12.CSc1c(Cl)ccc2c(=O)c3ccc(N(C)CC4CC(F)(F)C4)cc3n(C[C-]=O)c12.[Na+].[Na+].[Na+].[OH-].[OH-].[OH-]. The predicted octanol–water partition coefficient (Wildman–Crippen LogP) is 13.4. The summed E-state index contributed by atoms with van der Waals surface area (Å²) in [6, 6.07) is 34.0. The van der Waals surface area contributed by atoms with Crippen molar-refractivity contribution in [1.82, 2.24) is 18.3 Å². The number of esters is 2. The van der Waals surface area contributed by atoms with E-state index in [0.717, 1.165) is 27.9 Å². The van der Waals surface area contributed by atoms with Gasteiger partial charge < -0.3 is 74.1 Å². The zero-order valence-corrected chi connectivity index (χ0v) is 90.5. The third-order valence-electron chi connectivity index (χ3n) is 23.8. The van der Waals surface area contributed by atoms with Gasteiger partial charge in [0.25, 0.3) is 5.92 Å². The Hall–Kier alpha value is -5.72. The van der Waals surface area contributed by atoms with E-state index in [2.05, 4.69) is 21.2 Å². The van der Waals surface area contributed by atoms with Crippen LogP contribution >= 0.6 is 109 Å². The van der Waals surface area contributed by atoms with Crippen molar-refractivity contribution in [3.63, 3.8) is 0 Å². The number of ether oxygens (including phenoxy) is 2. The fourth-order valence-electron chi connectivity index (χ4n) is 17.4. The number of rotatable bonds is 26. The van der Waals surface area contributed by atoms with Gasteiger partial charge in [0.1, 0.15) is 19.6 Å². The largest absolute Gasteiger partial charge is 1.00 e. The first-order valence-corrected chi connectivity index (χ1v) is 49.4. The summed E-state index contributed by atoms with van der Waals surface area (Å²) in [6.45, 7) is 4.78. The number of halogens is 13. The van der Waals surface area contributed by atoms with E-state index in [1.54, 1.807) is 129 Å². The van der Waals surface area contributed by atoms with Crippen molar-refractivity contribution < 1.29 is 174 Å². The summed E-state index contributed by atoms with van der Waals surface area (Å²) in [4.78, 5) is 109. The number of nitrogens with zero attached hydrogens (tertiary/aromatic N) is 7. The first-order chi connectivity index (χ1) is 61.7. The van der Waals surface area contributed by atoms with Crippen molar-refractivity contribution in [1.29, 1.82) is 0 Å². The first kappa shape index (κ1) is 117. The summed E-state index contributed by atoms with van der Waals surface area (Å²) in [5.41, 5.74) is 6.62. The Kier molecular flexibility index (Phi) is 42.7. The van der Waals surface area contributed by atoms with Crippen LogP contribution in [-0.4, -0.2) is 178 Å². The number of alkyl halides is 9. The predicted molar refractivity (Wildman–Crippen MR) is 523 cm³/mol. The maximum absolute atomic E-state index is 13.3. The third kappa shape index (κ3) is 26.5. The Labute approximate surface area is 890 Å². The van der Waals surface area contributed by atoms with E-state index in [4.69, 9.17) is 55.9 Å². The molecule has 4 aromatic heterocycles. The Morgan fingerprint density at radius 1 is 0.434 bits per heavy atom. The molecule has 0 saturated heterocycles. The number of carbonyl (C=O) groups excluding carboxylic acids is 3. The van der Waals surface area contributed by atoms with Crippen molar-refractivity contribution in [2.24, 2.45) is 23.7 Å². The molecular weight excluding hydrogens is 2040 g/mol. The minimum absolute atomic E-state index is 0. The second-order valence-electron chi connectivity index (χ2n) is 33.3. The summed E-state index contributed by atoms with van der Waals surface area (Å²) >= 11 is 34.5. The number of thioether (sulfide) groups is 4. The number of hydrogen-bond acceptors (Lipinski definition) is 21. The summed E-state index contributed by atoms with van der Waals surface area (Å²) in [7, 11) is 5.50. The van der Waals surface area contributed by atoms with E-state index in [9.17, 15) is 78.6 Å². The van der Waals surface area contributed by atoms with Gasteiger partial charge in [0.15, 0.2) is 21.7 Å². The average molecular weight is 2130 g/mol. The number of carboxylic acid groups (broad SMARTS) is 1. The molecule has 0 radical (unpaired) electrons. The second kappa shape index (κ2) is 49.5. The van der Waals surface area contributed by atoms with Crippen LogP contribution in [0.2, 0.25) is 20.1 Å². The summed E-state index contributed by atoms with van der Waals surface area (Å²) < 4.78 is 123. The molecule has 5 aliphatic carbocycles. The zero-order chi connectivity index (χ0) is 94.1. The topological polar surface area (TPSA) is 307 Å². The molecule has 5 aliphatic rings. The maximum Gasteiger partial charge on any atom is 1.00 e. The Balaban J connectivity index is 0.000000239. The Morgan fingerprint density at radius 3 is 0.963 bits per heavy atom. The molecule has 12 aromatic rings. The number of fused-ring (bicyclic) bond motifs is 8. The molecule has 136 heavy (non-hydrogen) atoms. The molecule has 716 valence electrons. The van der Waals surface area contributed by atoms with E-state index in [1.165, 1.54) is 65.2 Å². The summed E-state index contributed by atoms with van der Waals surface area (Å²) in [5.74, 6) is -11.5. The van der Waals surface area contributed by atoms with Crippen LogP contribution in [0.15, 0.2) is 160 Å². The van der Waals surface area contributed by atoms with Crippen molar-refractivity contribution in [3.05, 3.63) is 182 Å². The van der Waals surface area contributed by atoms with Gasteiger partial charge in [0, 0.05) is 169 Å². The van der Waals surface area contributed by atoms with E-state index in [-0.39, 0.29) is 241 Å². The van der Waals surface area contributed by atoms with Crippen molar-refractivity contribution in [2.45, 2.75) is 154 Å². The molecule has 5 saturated carbocycles. The van der Waals surface area contributed by atoms with Gasteiger partial charge in [-0.05, 0) is 197 Å². The quantitative estimate of drug-likeness (QED) is 0.00967. The number of carbonyl (C=O) groups is 3. The molecule has 5 fully saturated rings. The van der Waals surface area contributed by atoms with E-state index >= 15 is 0 Å². The van der Waals surface area contributed by atoms with Crippen LogP contribution in [0.1, 0.15) is 78.1 Å². The molecule has 42 heteroatoms. The van der Waals surface area contributed by atoms with Crippen molar-refractivity contribution >= 4 is 244 Å². The molecule has 22 nitrogen and oxygen atoms in total. The number of aromatic nitrogens is 4. The van der Waals surface area contributed by atoms with E-state index < -0.39 is 41.6 Å². The number of anilines is 4. The first-order valence-electron chi connectivity index (χ1n) is 41.8. The van der Waals surface area contributed by atoms with Crippen LogP contribution in [-0.2, 0) is 54.8 Å². The van der Waals surface area contributed by atoms with Crippen LogP contribution in [0, 0.1) is 23.7 Å². The monoisotopic (exact) mass is 2130 g/mol. The van der Waals surface area contributed by atoms with Gasteiger partial charge in [-0.1, -0.05) is 68.9 Å². The van der Waals surface area contributed by atoms with Gasteiger partial charge in [0.2, 0.25) is 17.8 Å². The van der Waals surface area contributed by atoms with Gasteiger partial charge in [-0.3, -0.25) is 33.6 Å². The molecule has 8 aromatic carbocycles. The van der Waals surface area contributed by atoms with Gasteiger partial charge in [-0.15, -0.1) is 47.0 Å². The van der Waals surface area contributed by atoms with E-state index in [0.29, 0.717) is 147 Å². The fraction of sp³-hybridized carbons (Fsp3) is 0.404. The number of nitrogens with one attached hydrogen (secondary N) is 1. The van der Waals surface area contributed by atoms with Crippen LogP contribution in [0.5, 0.6) is 0 Å². The minimum Gasteiger partial charge on any atom is -0.870 e. The van der Waals surface area contributed by atoms with Gasteiger partial charge in [0.05, 0.1) is 97.0 Å². The standard InChI is InChI=1S/C24H25ClF2N2O3S.2C22H21ClF2N2O3S.C22H20ClF2N2O2S.C4H7Br.3Na.3H2O/c1-4-32-20(30)13-29-19-9-15(28(2)12-14-10-24(26,27)11-14)5-6-16(19)22(31)17-7-8-18(25)23(33-3)21(17)29;1-26(10-12-8-22(24,25)9-12)13-3-4-14-17(7-13)27(11-18(28)29)19-15(20(14)30)5-6-16(23)21(19)31-2;1-3-30-18(28)11-27-17-8-12(26-13-9-22(24,25)10-13)4-5-14(17)20(29)15-6-7-16(23)21(31-2)19(15)27;1-26(12-13-10-22(24,25)11-13)14-3-4-15-18(9-14)27(7-8-28)19-16(20(15)29)5-6-17(23)21(19)30-2;5-3-4-1-2-4;;;;;;/h5-9,14H,4,10-13H2,1-3H3;3-7,12H,8-11H2,1-2H3,(H,28,29);4-8,13,26H,3,9-11H2,1-2H3;3-6,9,13H,7,10-12H2,1-2H3;4H,1-3H2;;;;3*1H2/q;;;-1;;3*+1;;;/p-3.